The third-order valence-electron chi connectivity index (χ3n) is 12.7. The molecule has 0 N–H and O–H groups in total. The average Bonchev–Trinajstić information content (AvgIpc) is 3.61. The second-order valence-corrected chi connectivity index (χ2v) is 16.9. The van der Waals surface area contributed by atoms with E-state index in [0.717, 1.165) is 0 Å². The molecule has 12 rings (SSSR count). The summed E-state index contributed by atoms with van der Waals surface area (Å²) < 4.78 is 0. The van der Waals surface area contributed by atoms with Crippen LogP contribution >= 0.6 is 11.8 Å². The predicted octanol–water partition coefficient (Wildman–Crippen LogP) is 15.4. The molecule has 1 aliphatic carbocycles. The zero-order chi connectivity index (χ0) is 39.8. The van der Waals surface area contributed by atoms with E-state index in [9.17, 15) is 5.26 Å². The zero-order valence-corrected chi connectivity index (χ0v) is 33.4. The van der Waals surface area contributed by atoms with Crippen LogP contribution in [0.1, 0.15) is 27.8 Å². The molecule has 0 aromatic heterocycles. The molecule has 10 aromatic carbocycles. The van der Waals surface area contributed by atoms with Gasteiger partial charge in [-0.1, -0.05) is 188 Å². The van der Waals surface area contributed by atoms with E-state index < -0.39 is 5.41 Å². The van der Waals surface area contributed by atoms with Gasteiger partial charge in [-0.05, 0) is 136 Å². The first-order chi connectivity index (χ1) is 29.7. The summed E-state index contributed by atoms with van der Waals surface area (Å²) in [6, 6.07) is 80.0. The lowest BCUT2D eigenvalue weighted by molar-refractivity contribution is 0.723. The van der Waals surface area contributed by atoms with Crippen LogP contribution in [0.15, 0.2) is 222 Å². The molecule has 278 valence electrons. The lowest BCUT2D eigenvalue weighted by Crippen LogP contribution is -2.32. The quantitative estimate of drug-likeness (QED) is 0.166. The molecule has 1 heterocycles. The topological polar surface area (TPSA) is 23.8 Å². The van der Waals surface area contributed by atoms with Crippen molar-refractivity contribution in [2.75, 3.05) is 0 Å². The fourth-order valence-corrected chi connectivity index (χ4v) is 11.6. The molecule has 0 radical (unpaired) electrons. The van der Waals surface area contributed by atoms with E-state index in [4.69, 9.17) is 0 Å². The van der Waals surface area contributed by atoms with Gasteiger partial charge in [0.15, 0.2) is 0 Å². The van der Waals surface area contributed by atoms with Gasteiger partial charge in [0, 0.05) is 9.79 Å². The van der Waals surface area contributed by atoms with Gasteiger partial charge in [-0.25, -0.2) is 0 Å². The predicted molar refractivity (Wildman–Crippen MR) is 249 cm³/mol. The van der Waals surface area contributed by atoms with Crippen LogP contribution in [0, 0.1) is 11.3 Å². The molecule has 10 aromatic rings. The number of hydrogen-bond donors (Lipinski definition) is 0. The van der Waals surface area contributed by atoms with Gasteiger partial charge >= 0.3 is 0 Å². The van der Waals surface area contributed by atoms with Crippen LogP contribution in [0.5, 0.6) is 0 Å². The zero-order valence-electron chi connectivity index (χ0n) is 32.6. The molecule has 1 aliphatic heterocycles. The molecular formula is C58H35NS. The average molecular weight is 778 g/mol. The van der Waals surface area contributed by atoms with Crippen molar-refractivity contribution in [1.82, 2.24) is 0 Å². The number of hydrogen-bond acceptors (Lipinski definition) is 2. The van der Waals surface area contributed by atoms with Gasteiger partial charge in [0.25, 0.3) is 0 Å². The van der Waals surface area contributed by atoms with Crippen LogP contribution in [0.25, 0.3) is 77.2 Å². The first kappa shape index (κ1) is 34.6. The summed E-state index contributed by atoms with van der Waals surface area (Å²) >= 11 is 1.88. The van der Waals surface area contributed by atoms with E-state index in [1.165, 1.54) is 109 Å². The maximum Gasteiger partial charge on any atom is 0.0991 e. The molecule has 1 nitrogen and oxygen atoms in total. The van der Waals surface area contributed by atoms with Gasteiger partial charge in [0.1, 0.15) is 0 Å². The van der Waals surface area contributed by atoms with Crippen LogP contribution in [-0.2, 0) is 5.41 Å². The Morgan fingerprint density at radius 1 is 0.350 bits per heavy atom. The van der Waals surface area contributed by atoms with Gasteiger partial charge in [0.2, 0.25) is 0 Å². The smallest absolute Gasteiger partial charge is 0.0991 e. The molecule has 0 saturated carbocycles. The number of nitriles is 1. The lowest BCUT2D eigenvalue weighted by atomic mass is 9.66. The Balaban J connectivity index is 1.17. The first-order valence-corrected chi connectivity index (χ1v) is 21.3. The molecule has 0 fully saturated rings. The monoisotopic (exact) mass is 777 g/mol. The summed E-state index contributed by atoms with van der Waals surface area (Å²) in [5.74, 6) is 0. The highest BCUT2D eigenvalue weighted by Crippen LogP contribution is 2.64. The molecular weight excluding hydrogens is 743 g/mol. The normalized spacial score (nSPS) is 14.7. The molecule has 0 saturated heterocycles. The molecule has 0 bridgehead atoms. The minimum Gasteiger partial charge on any atom is -0.192 e. The molecule has 1 spiro atoms. The third-order valence-corrected chi connectivity index (χ3v) is 14.0. The second kappa shape index (κ2) is 13.6. The summed E-state index contributed by atoms with van der Waals surface area (Å²) in [5.41, 5.74) is 17.1. The number of nitrogens with zero attached hydrogens (tertiary/aromatic N) is 1. The van der Waals surface area contributed by atoms with Gasteiger partial charge in [-0.15, -0.1) is 0 Å². The van der Waals surface area contributed by atoms with Crippen LogP contribution in [0.4, 0.5) is 0 Å². The summed E-state index contributed by atoms with van der Waals surface area (Å²) in [6.07, 6.45) is 0. The molecule has 2 aliphatic rings. The Morgan fingerprint density at radius 2 is 0.850 bits per heavy atom. The SMILES string of the molecule is N#Cc1ccc2c(c1)C1(c3ccccc3Sc3c(-c4c5ccccc5c(-c5cc(-c6ccccc6)cc(-c6ccccc6)c5)c5ccccc45)cccc31)c1ccccc1-2. The van der Waals surface area contributed by atoms with Crippen molar-refractivity contribution >= 4 is 33.3 Å². The second-order valence-electron chi connectivity index (χ2n) is 15.8. The number of rotatable bonds is 4. The Hall–Kier alpha value is -7.44. The standard InChI is InChI=1S/C58H35NS/c59-36-37-30-31-44-43-20-11-12-26-50(43)58(53(44)32-37)51-27-13-14-29-54(51)60-57-49(25-15-28-52(57)58)56-47-23-9-7-21-45(47)55(46-22-8-10-24-48(46)56)42-34-40(38-16-3-1-4-17-38)33-41(35-42)39-18-5-2-6-19-39/h1-35H. The molecule has 2 heteroatoms. The largest absolute Gasteiger partial charge is 0.192 e. The van der Waals surface area contributed by atoms with Gasteiger partial charge in [0.05, 0.1) is 17.0 Å². The Kier molecular flexibility index (Phi) is 7.82. The Labute approximate surface area is 353 Å². The summed E-state index contributed by atoms with van der Waals surface area (Å²) in [5, 5.41) is 15.1. The molecule has 60 heavy (non-hydrogen) atoms. The van der Waals surface area contributed by atoms with E-state index in [2.05, 4.69) is 212 Å². The fraction of sp³-hybridized carbons (Fsp3) is 0.0172. The highest BCUT2D eigenvalue weighted by atomic mass is 32.2. The highest BCUT2D eigenvalue weighted by Gasteiger charge is 2.50. The van der Waals surface area contributed by atoms with E-state index >= 15 is 0 Å². The van der Waals surface area contributed by atoms with Crippen LogP contribution in [0.3, 0.4) is 0 Å². The summed E-state index contributed by atoms with van der Waals surface area (Å²) in [7, 11) is 0. The number of fused-ring (bicyclic) bond motifs is 11. The minimum absolute atomic E-state index is 0.594. The van der Waals surface area contributed by atoms with Crippen molar-refractivity contribution in [2.24, 2.45) is 0 Å². The Morgan fingerprint density at radius 3 is 1.50 bits per heavy atom. The van der Waals surface area contributed by atoms with Crippen LogP contribution in [0.2, 0.25) is 0 Å². The number of benzene rings is 10. The van der Waals surface area contributed by atoms with Crippen LogP contribution < -0.4 is 0 Å². The van der Waals surface area contributed by atoms with E-state index in [0.29, 0.717) is 5.56 Å². The van der Waals surface area contributed by atoms with Crippen molar-refractivity contribution in [3.63, 3.8) is 0 Å². The van der Waals surface area contributed by atoms with Crippen molar-refractivity contribution in [3.05, 3.63) is 240 Å². The van der Waals surface area contributed by atoms with Gasteiger partial charge in [-0.3, -0.25) is 0 Å². The molecule has 1 unspecified atom stereocenters. The maximum absolute atomic E-state index is 10.3. The van der Waals surface area contributed by atoms with Crippen molar-refractivity contribution < 1.29 is 0 Å². The first-order valence-electron chi connectivity index (χ1n) is 20.5. The van der Waals surface area contributed by atoms with Gasteiger partial charge < -0.3 is 0 Å². The van der Waals surface area contributed by atoms with Crippen molar-refractivity contribution in [3.8, 4) is 61.7 Å². The van der Waals surface area contributed by atoms with Crippen molar-refractivity contribution in [2.45, 2.75) is 15.2 Å². The summed E-state index contributed by atoms with van der Waals surface area (Å²) in [4.78, 5) is 2.49. The Bertz CT molecular complexity index is 3300. The van der Waals surface area contributed by atoms with E-state index in [-0.39, 0.29) is 0 Å². The van der Waals surface area contributed by atoms with Gasteiger partial charge in [-0.2, -0.15) is 5.26 Å². The van der Waals surface area contributed by atoms with Crippen molar-refractivity contribution in [1.29, 1.82) is 5.26 Å². The fourth-order valence-electron chi connectivity index (χ4n) is 10.3. The highest BCUT2D eigenvalue weighted by molar-refractivity contribution is 7.99. The maximum atomic E-state index is 10.3. The third kappa shape index (κ3) is 5.00. The minimum atomic E-state index is -0.594. The van der Waals surface area contributed by atoms with E-state index in [1.807, 2.05) is 17.8 Å². The molecule has 1 atom stereocenters. The summed E-state index contributed by atoms with van der Waals surface area (Å²) in [6.45, 7) is 0. The molecule has 0 amide bonds. The lowest BCUT2D eigenvalue weighted by Gasteiger charge is -2.40. The van der Waals surface area contributed by atoms with Crippen LogP contribution in [-0.4, -0.2) is 0 Å². The van der Waals surface area contributed by atoms with E-state index in [1.54, 1.807) is 0 Å².